The molecule has 1 N–H and O–H groups in total. The van der Waals surface area contributed by atoms with Gasteiger partial charge in [0, 0.05) is 25.4 Å². The van der Waals surface area contributed by atoms with Crippen LogP contribution in [0.3, 0.4) is 0 Å². The lowest BCUT2D eigenvalue weighted by Gasteiger charge is -2.21. The van der Waals surface area contributed by atoms with Crippen LogP contribution in [0.15, 0.2) is 36.4 Å². The van der Waals surface area contributed by atoms with E-state index in [1.807, 2.05) is 0 Å². The van der Waals surface area contributed by atoms with Crippen molar-refractivity contribution in [2.75, 3.05) is 24.5 Å². The average Bonchev–Trinajstić information content (AvgIpc) is 3.06. The lowest BCUT2D eigenvalue weighted by atomic mass is 9.97. The second kappa shape index (κ2) is 10.2. The topological polar surface area (TPSA) is 92.8 Å². The van der Waals surface area contributed by atoms with Crippen LogP contribution in [0, 0.1) is 5.92 Å². The second-order valence-electron chi connectivity index (χ2n) is 7.15. The van der Waals surface area contributed by atoms with E-state index in [4.69, 9.17) is 0 Å². The molecule has 0 radical (unpaired) electrons. The molecule has 7 nitrogen and oxygen atoms in total. The van der Waals surface area contributed by atoms with Crippen LogP contribution in [-0.4, -0.2) is 46.0 Å². The van der Waals surface area contributed by atoms with Gasteiger partial charge in [0.2, 0.25) is 5.91 Å². The number of para-hydroxylation sites is 1. The summed E-state index contributed by atoms with van der Waals surface area (Å²) in [6.45, 7) is 1.57. The van der Waals surface area contributed by atoms with Gasteiger partial charge in [-0.05, 0) is 30.9 Å². The zero-order valence-corrected chi connectivity index (χ0v) is 18.0. The molecule has 1 aliphatic heterocycles. The van der Waals surface area contributed by atoms with E-state index in [1.54, 1.807) is 31.2 Å². The van der Waals surface area contributed by atoms with Crippen molar-refractivity contribution >= 4 is 27.6 Å². The SMILES string of the molecule is C/C=C/C(CC(=O)NCCC1CN(S(=O)(=O)C(F)(F)F)c2ccccc21)CC(=O)OC. The fraction of sp³-hybridized carbons (Fsp3) is 0.500. The Morgan fingerprint density at radius 3 is 2.58 bits per heavy atom. The van der Waals surface area contributed by atoms with Crippen molar-refractivity contribution in [1.82, 2.24) is 5.32 Å². The Morgan fingerprint density at radius 2 is 1.97 bits per heavy atom. The Bertz CT molecular complexity index is 931. The fourth-order valence-electron chi connectivity index (χ4n) is 3.53. The van der Waals surface area contributed by atoms with E-state index in [0.29, 0.717) is 9.87 Å². The highest BCUT2D eigenvalue weighted by atomic mass is 32.2. The van der Waals surface area contributed by atoms with Crippen molar-refractivity contribution < 1.29 is 35.9 Å². The molecule has 2 rings (SSSR count). The van der Waals surface area contributed by atoms with Crippen LogP contribution in [0.2, 0.25) is 0 Å². The standard InChI is InChI=1S/C20H25F3N2O5S/c1-3-6-14(12-19(27)30-2)11-18(26)24-10-9-15-13-25(31(28,29)20(21,22)23)17-8-5-4-7-16(15)17/h3-8,14-15H,9-13H2,1-2H3,(H,24,26)/b6-3+. The molecule has 1 heterocycles. The van der Waals surface area contributed by atoms with Crippen LogP contribution in [-0.2, 0) is 24.3 Å². The highest BCUT2D eigenvalue weighted by Gasteiger charge is 2.52. The zero-order valence-electron chi connectivity index (χ0n) is 17.2. The van der Waals surface area contributed by atoms with Gasteiger partial charge in [0.25, 0.3) is 0 Å². The summed E-state index contributed by atoms with van der Waals surface area (Å²) in [4.78, 5) is 23.7. The number of allylic oxidation sites excluding steroid dienone is 2. The number of rotatable bonds is 9. The molecule has 1 amide bonds. The molecule has 0 fully saturated rings. The zero-order chi connectivity index (χ0) is 23.2. The lowest BCUT2D eigenvalue weighted by molar-refractivity contribution is -0.141. The highest BCUT2D eigenvalue weighted by Crippen LogP contribution is 2.42. The van der Waals surface area contributed by atoms with Crippen LogP contribution in [0.1, 0.15) is 37.7 Å². The van der Waals surface area contributed by atoms with Gasteiger partial charge in [-0.2, -0.15) is 21.6 Å². The van der Waals surface area contributed by atoms with Crippen molar-refractivity contribution in [2.24, 2.45) is 5.92 Å². The number of halogens is 3. The smallest absolute Gasteiger partial charge is 0.469 e. The monoisotopic (exact) mass is 462 g/mol. The average molecular weight is 462 g/mol. The van der Waals surface area contributed by atoms with Crippen molar-refractivity contribution in [1.29, 1.82) is 0 Å². The Balaban J connectivity index is 2.00. The van der Waals surface area contributed by atoms with Gasteiger partial charge in [-0.15, -0.1) is 0 Å². The van der Waals surface area contributed by atoms with Gasteiger partial charge in [0.1, 0.15) is 0 Å². The molecular formula is C20H25F3N2O5S. The maximum Gasteiger partial charge on any atom is 0.516 e. The third-order valence-electron chi connectivity index (χ3n) is 5.00. The number of alkyl halides is 3. The van der Waals surface area contributed by atoms with Gasteiger partial charge in [0.15, 0.2) is 0 Å². The van der Waals surface area contributed by atoms with Gasteiger partial charge >= 0.3 is 21.5 Å². The van der Waals surface area contributed by atoms with E-state index in [0.717, 1.165) is 0 Å². The third-order valence-corrected chi connectivity index (χ3v) is 6.51. The Morgan fingerprint density at radius 1 is 1.29 bits per heavy atom. The Labute approximate surface area is 179 Å². The molecule has 0 aliphatic carbocycles. The maximum atomic E-state index is 13.0. The van der Waals surface area contributed by atoms with Crippen LogP contribution >= 0.6 is 0 Å². The first-order chi connectivity index (χ1) is 14.5. The first-order valence-corrected chi connectivity index (χ1v) is 11.1. The number of nitrogens with one attached hydrogen (secondary N) is 1. The number of nitrogens with zero attached hydrogens (tertiary/aromatic N) is 1. The Hall–Kier alpha value is -2.56. The Kier molecular flexibility index (Phi) is 8.10. The van der Waals surface area contributed by atoms with Gasteiger partial charge < -0.3 is 10.1 Å². The molecule has 0 aromatic heterocycles. The number of sulfonamides is 1. The van der Waals surface area contributed by atoms with Crippen molar-refractivity contribution in [2.45, 2.75) is 37.6 Å². The molecule has 0 spiro atoms. The first kappa shape index (κ1) is 24.7. The molecule has 172 valence electrons. The number of methoxy groups -OCH3 is 1. The first-order valence-electron chi connectivity index (χ1n) is 9.65. The maximum absolute atomic E-state index is 13.0. The number of hydrogen-bond donors (Lipinski definition) is 1. The molecular weight excluding hydrogens is 437 g/mol. The minimum atomic E-state index is -5.51. The van der Waals surface area contributed by atoms with E-state index < -0.39 is 27.4 Å². The van der Waals surface area contributed by atoms with Crippen molar-refractivity contribution in [3.05, 3.63) is 42.0 Å². The summed E-state index contributed by atoms with van der Waals surface area (Å²) >= 11 is 0. The number of esters is 1. The van der Waals surface area contributed by atoms with Crippen molar-refractivity contribution in [3.8, 4) is 0 Å². The van der Waals surface area contributed by atoms with Crippen LogP contribution in [0.5, 0.6) is 0 Å². The highest BCUT2D eigenvalue weighted by molar-refractivity contribution is 7.93. The molecule has 11 heteroatoms. The summed E-state index contributed by atoms with van der Waals surface area (Å²) < 4.78 is 68.0. The molecule has 2 atom stereocenters. The fourth-order valence-corrected chi connectivity index (χ4v) is 4.58. The van der Waals surface area contributed by atoms with Gasteiger partial charge in [0.05, 0.1) is 19.2 Å². The summed E-state index contributed by atoms with van der Waals surface area (Å²) in [7, 11) is -4.24. The number of fused-ring (bicyclic) bond motifs is 1. The summed E-state index contributed by atoms with van der Waals surface area (Å²) in [5, 5.41) is 2.69. The number of benzene rings is 1. The molecule has 1 aromatic carbocycles. The van der Waals surface area contributed by atoms with E-state index in [2.05, 4.69) is 10.1 Å². The summed E-state index contributed by atoms with van der Waals surface area (Å²) in [5.74, 6) is -1.59. The number of carbonyl (C=O) groups excluding carboxylic acids is 2. The van der Waals surface area contributed by atoms with E-state index in [9.17, 15) is 31.2 Å². The predicted molar refractivity (Wildman–Crippen MR) is 109 cm³/mol. The summed E-state index contributed by atoms with van der Waals surface area (Å²) in [5.41, 5.74) is -4.91. The quantitative estimate of drug-likeness (QED) is 0.450. The van der Waals surface area contributed by atoms with Gasteiger partial charge in [-0.25, -0.2) is 0 Å². The number of carbonyl (C=O) groups is 2. The summed E-state index contributed by atoms with van der Waals surface area (Å²) in [6, 6.07) is 6.03. The van der Waals surface area contributed by atoms with Gasteiger partial charge in [-0.3, -0.25) is 13.9 Å². The largest absolute Gasteiger partial charge is 0.516 e. The van der Waals surface area contributed by atoms with Crippen molar-refractivity contribution in [3.63, 3.8) is 0 Å². The number of amides is 1. The van der Waals surface area contributed by atoms with Crippen LogP contribution in [0.25, 0.3) is 0 Å². The predicted octanol–water partition coefficient (Wildman–Crippen LogP) is 3.09. The molecule has 31 heavy (non-hydrogen) atoms. The lowest BCUT2D eigenvalue weighted by Crippen LogP contribution is -2.40. The molecule has 0 saturated heterocycles. The van der Waals surface area contributed by atoms with Gasteiger partial charge in [-0.1, -0.05) is 30.4 Å². The molecule has 1 aromatic rings. The molecule has 2 unspecified atom stereocenters. The second-order valence-corrected chi connectivity index (χ2v) is 9.00. The summed E-state index contributed by atoms with van der Waals surface area (Å²) in [6.07, 6.45) is 3.82. The van der Waals surface area contributed by atoms with E-state index in [1.165, 1.54) is 19.2 Å². The molecule has 1 aliphatic rings. The number of anilines is 1. The molecule has 0 saturated carbocycles. The third kappa shape index (κ3) is 5.99. The van der Waals surface area contributed by atoms with E-state index in [-0.39, 0.29) is 49.9 Å². The van der Waals surface area contributed by atoms with Crippen LogP contribution < -0.4 is 9.62 Å². The van der Waals surface area contributed by atoms with Crippen LogP contribution in [0.4, 0.5) is 18.9 Å². The number of ether oxygens (including phenoxy) is 1. The minimum absolute atomic E-state index is 0.00220. The normalized spacial score (nSPS) is 17.5. The van der Waals surface area contributed by atoms with E-state index >= 15 is 0 Å². The minimum Gasteiger partial charge on any atom is -0.469 e. The molecule has 0 bridgehead atoms. The number of hydrogen-bond acceptors (Lipinski definition) is 5.